The molecule has 1 aromatic carbocycles. The average molecular weight is 422 g/mol. The molecule has 1 fully saturated rings. The van der Waals surface area contributed by atoms with Gasteiger partial charge in [-0.2, -0.15) is 0 Å². The van der Waals surface area contributed by atoms with Gasteiger partial charge in [-0.05, 0) is 43.4 Å². The highest BCUT2D eigenvalue weighted by molar-refractivity contribution is 7.12. The Morgan fingerprint density at radius 3 is 2.50 bits per heavy atom. The molecule has 0 bridgehead atoms. The monoisotopic (exact) mass is 421 g/mol. The van der Waals surface area contributed by atoms with Gasteiger partial charge in [-0.1, -0.05) is 44.2 Å². The van der Waals surface area contributed by atoms with Crippen LogP contribution in [0.25, 0.3) is 0 Å². The number of carbonyl (C=O) groups excluding carboxylic acids is 2. The van der Waals surface area contributed by atoms with E-state index in [-0.39, 0.29) is 35.6 Å². The number of ether oxygens (including phenoxy) is 1. The number of fused-ring (bicyclic) bond motifs is 1. The standard InChI is InChI=1S/C25H27NO3S/c1-15-10-11-20(30-15)23-21(24(28)29-14-17-8-6-5-7-9-17)16(2)26-18-12-25(3,4)13-19(27)22(18)23/h5-11,22-23H,12-14H2,1-4H3/t22?,23-/m0/s1. The van der Waals surface area contributed by atoms with Gasteiger partial charge in [0.25, 0.3) is 0 Å². The van der Waals surface area contributed by atoms with E-state index < -0.39 is 0 Å². The number of hydrogen-bond acceptors (Lipinski definition) is 5. The topological polar surface area (TPSA) is 55.7 Å². The molecule has 1 aliphatic heterocycles. The van der Waals surface area contributed by atoms with Gasteiger partial charge in [0.05, 0.1) is 11.5 Å². The second kappa shape index (κ2) is 7.95. The zero-order valence-electron chi connectivity index (χ0n) is 17.9. The van der Waals surface area contributed by atoms with E-state index in [0.29, 0.717) is 17.7 Å². The summed E-state index contributed by atoms with van der Waals surface area (Å²) in [7, 11) is 0. The Hall–Kier alpha value is -2.53. The first-order chi connectivity index (χ1) is 14.2. The zero-order chi connectivity index (χ0) is 21.5. The predicted molar refractivity (Wildman–Crippen MR) is 120 cm³/mol. The number of thiophene rings is 1. The molecule has 1 aliphatic carbocycles. The third-order valence-electron chi connectivity index (χ3n) is 5.86. The Kier molecular flexibility index (Phi) is 5.49. The van der Waals surface area contributed by atoms with E-state index in [2.05, 4.69) is 13.8 Å². The maximum absolute atomic E-state index is 13.2. The molecule has 1 unspecified atom stereocenters. The summed E-state index contributed by atoms with van der Waals surface area (Å²) in [5.41, 5.74) is 2.93. The molecule has 0 amide bonds. The normalized spacial score (nSPS) is 23.1. The lowest BCUT2D eigenvalue weighted by atomic mass is 9.64. The summed E-state index contributed by atoms with van der Waals surface area (Å²) >= 11 is 1.64. The van der Waals surface area contributed by atoms with Crippen LogP contribution >= 0.6 is 11.3 Å². The van der Waals surface area contributed by atoms with Crippen LogP contribution in [0.5, 0.6) is 0 Å². The highest BCUT2D eigenvalue weighted by atomic mass is 32.1. The number of hydrogen-bond donors (Lipinski definition) is 0. The molecule has 2 aromatic rings. The lowest BCUT2D eigenvalue weighted by molar-refractivity contribution is -0.140. The Bertz CT molecular complexity index is 1050. The van der Waals surface area contributed by atoms with Crippen LogP contribution < -0.4 is 0 Å². The third kappa shape index (κ3) is 4.04. The van der Waals surface area contributed by atoms with Gasteiger partial charge in [-0.3, -0.25) is 9.79 Å². The number of allylic oxidation sites excluding steroid dienone is 1. The molecule has 0 spiro atoms. The number of Topliss-reactive ketones (excluding diaryl/α,β-unsaturated/α-hetero) is 1. The van der Waals surface area contributed by atoms with E-state index in [1.807, 2.05) is 56.3 Å². The lowest BCUT2D eigenvalue weighted by Crippen LogP contribution is -2.43. The van der Waals surface area contributed by atoms with Crippen molar-refractivity contribution in [1.29, 1.82) is 0 Å². The first-order valence-corrected chi connectivity index (χ1v) is 11.2. The van der Waals surface area contributed by atoms with Crippen molar-refractivity contribution >= 4 is 28.8 Å². The molecule has 2 aliphatic rings. The van der Waals surface area contributed by atoms with Crippen LogP contribution in [0.4, 0.5) is 0 Å². The zero-order valence-corrected chi connectivity index (χ0v) is 18.7. The van der Waals surface area contributed by atoms with Crippen molar-refractivity contribution < 1.29 is 14.3 Å². The van der Waals surface area contributed by atoms with E-state index in [1.54, 1.807) is 11.3 Å². The molecular weight excluding hydrogens is 394 g/mol. The summed E-state index contributed by atoms with van der Waals surface area (Å²) in [5.74, 6) is -0.906. The molecule has 4 nitrogen and oxygen atoms in total. The molecule has 0 radical (unpaired) electrons. The summed E-state index contributed by atoms with van der Waals surface area (Å²) in [6.45, 7) is 8.33. The second-order valence-corrected chi connectivity index (χ2v) is 10.4. The molecule has 156 valence electrons. The molecule has 0 saturated heterocycles. The van der Waals surface area contributed by atoms with Crippen LogP contribution in [-0.2, 0) is 20.9 Å². The summed E-state index contributed by atoms with van der Waals surface area (Å²) < 4.78 is 5.68. The maximum Gasteiger partial charge on any atom is 0.336 e. The summed E-state index contributed by atoms with van der Waals surface area (Å²) in [4.78, 5) is 33.4. The van der Waals surface area contributed by atoms with Gasteiger partial charge in [0.2, 0.25) is 0 Å². The minimum Gasteiger partial charge on any atom is -0.457 e. The van der Waals surface area contributed by atoms with E-state index >= 15 is 0 Å². The third-order valence-corrected chi connectivity index (χ3v) is 6.95. The SMILES string of the molecule is CC1=C(C(=O)OCc2ccccc2)[C@H](c2ccc(C)s2)C2C(=O)CC(C)(C)CC2=N1. The van der Waals surface area contributed by atoms with Crippen molar-refractivity contribution in [2.24, 2.45) is 16.3 Å². The average Bonchev–Trinajstić information content (AvgIpc) is 3.11. The van der Waals surface area contributed by atoms with Crippen LogP contribution in [0.3, 0.4) is 0 Å². The van der Waals surface area contributed by atoms with E-state index in [4.69, 9.17) is 9.73 Å². The summed E-state index contributed by atoms with van der Waals surface area (Å²) in [6, 6.07) is 13.7. The number of aryl methyl sites for hydroxylation is 1. The minimum atomic E-state index is -0.382. The van der Waals surface area contributed by atoms with Crippen molar-refractivity contribution in [2.75, 3.05) is 0 Å². The summed E-state index contributed by atoms with van der Waals surface area (Å²) in [6.07, 6.45) is 1.27. The molecule has 2 atom stereocenters. The van der Waals surface area contributed by atoms with Crippen molar-refractivity contribution in [3.05, 3.63) is 69.1 Å². The molecular formula is C25H27NO3S. The van der Waals surface area contributed by atoms with Crippen LogP contribution in [-0.4, -0.2) is 17.5 Å². The van der Waals surface area contributed by atoms with Crippen LogP contribution in [0.2, 0.25) is 0 Å². The number of aliphatic imine (C=N–C) groups is 1. The minimum absolute atomic E-state index is 0.103. The highest BCUT2D eigenvalue weighted by Gasteiger charge is 2.48. The Morgan fingerprint density at radius 1 is 1.10 bits per heavy atom. The first kappa shape index (κ1) is 20.7. The van der Waals surface area contributed by atoms with Crippen molar-refractivity contribution in [3.8, 4) is 0 Å². The molecule has 1 aromatic heterocycles. The molecule has 0 N–H and O–H groups in total. The number of rotatable bonds is 4. The van der Waals surface area contributed by atoms with Crippen molar-refractivity contribution in [2.45, 2.75) is 53.1 Å². The lowest BCUT2D eigenvalue weighted by Gasteiger charge is -2.40. The van der Waals surface area contributed by atoms with Crippen LogP contribution in [0.1, 0.15) is 54.8 Å². The Labute approximate surface area is 181 Å². The summed E-state index contributed by atoms with van der Waals surface area (Å²) in [5, 5.41) is 0. The van der Waals surface area contributed by atoms with E-state index in [0.717, 1.165) is 27.5 Å². The van der Waals surface area contributed by atoms with Crippen LogP contribution in [0.15, 0.2) is 58.7 Å². The van der Waals surface area contributed by atoms with E-state index in [1.165, 1.54) is 0 Å². The fourth-order valence-corrected chi connectivity index (χ4v) is 5.61. The van der Waals surface area contributed by atoms with Gasteiger partial charge in [0, 0.05) is 33.5 Å². The second-order valence-electron chi connectivity index (χ2n) is 9.05. The van der Waals surface area contributed by atoms with Crippen molar-refractivity contribution in [3.63, 3.8) is 0 Å². The number of nitrogens with zero attached hydrogens (tertiary/aromatic N) is 1. The van der Waals surface area contributed by atoms with E-state index in [9.17, 15) is 9.59 Å². The quantitative estimate of drug-likeness (QED) is 0.602. The number of esters is 1. The largest absolute Gasteiger partial charge is 0.457 e. The Balaban J connectivity index is 1.72. The molecule has 5 heteroatoms. The van der Waals surface area contributed by atoms with Gasteiger partial charge >= 0.3 is 5.97 Å². The fraction of sp³-hybridized carbons (Fsp3) is 0.400. The highest BCUT2D eigenvalue weighted by Crippen LogP contribution is 2.48. The molecule has 4 rings (SSSR count). The Morgan fingerprint density at radius 2 is 1.83 bits per heavy atom. The molecule has 30 heavy (non-hydrogen) atoms. The smallest absolute Gasteiger partial charge is 0.336 e. The fourth-order valence-electron chi connectivity index (χ4n) is 4.59. The number of benzene rings is 1. The van der Waals surface area contributed by atoms with Gasteiger partial charge in [-0.25, -0.2) is 4.79 Å². The predicted octanol–water partition coefficient (Wildman–Crippen LogP) is 5.62. The molecule has 1 saturated carbocycles. The molecule has 2 heterocycles. The van der Waals surface area contributed by atoms with Gasteiger partial charge < -0.3 is 4.74 Å². The number of carbonyl (C=O) groups is 2. The van der Waals surface area contributed by atoms with Crippen molar-refractivity contribution in [1.82, 2.24) is 0 Å². The number of ketones is 1. The van der Waals surface area contributed by atoms with Gasteiger partial charge in [0.15, 0.2) is 0 Å². The maximum atomic E-state index is 13.2. The van der Waals surface area contributed by atoms with Gasteiger partial charge in [-0.15, -0.1) is 11.3 Å². The van der Waals surface area contributed by atoms with Crippen LogP contribution in [0, 0.1) is 18.3 Å². The van der Waals surface area contributed by atoms with Gasteiger partial charge in [0.1, 0.15) is 12.4 Å². The first-order valence-electron chi connectivity index (χ1n) is 10.3.